The van der Waals surface area contributed by atoms with Gasteiger partial charge < -0.3 is 19.0 Å². The molecular weight excluding hydrogens is 326 g/mol. The van der Waals surface area contributed by atoms with Crippen LogP contribution in [0.3, 0.4) is 0 Å². The molecule has 0 aromatic rings. The van der Waals surface area contributed by atoms with E-state index in [0.717, 1.165) is 0 Å². The molecule has 0 aliphatic heterocycles. The van der Waals surface area contributed by atoms with Gasteiger partial charge in [-0.1, -0.05) is 0 Å². The molecular formula is C15H23N5O3Si. The summed E-state index contributed by atoms with van der Waals surface area (Å²) in [5.74, 6) is -0.118. The zero-order valence-corrected chi connectivity index (χ0v) is 15.3. The molecule has 0 radical (unpaired) electrons. The fourth-order valence-electron chi connectivity index (χ4n) is 1.95. The van der Waals surface area contributed by atoms with Crippen LogP contribution < -0.4 is 5.73 Å². The fraction of sp³-hybridized carbons (Fsp3) is 0.600. The predicted octanol–water partition coefficient (Wildman–Crippen LogP) is 1.65. The van der Waals surface area contributed by atoms with Crippen molar-refractivity contribution in [2.75, 3.05) is 26.4 Å². The monoisotopic (exact) mass is 349 g/mol. The van der Waals surface area contributed by atoms with E-state index in [1.807, 2.05) is 20.8 Å². The van der Waals surface area contributed by atoms with Gasteiger partial charge in [0, 0.05) is 32.4 Å². The normalized spacial score (nSPS) is 11.2. The van der Waals surface area contributed by atoms with E-state index in [1.54, 1.807) is 18.2 Å². The third-order valence-corrected chi connectivity index (χ3v) is 6.01. The number of nitrogens with zero attached hydrogens (tertiary/aromatic N) is 4. The molecule has 0 amide bonds. The minimum atomic E-state index is -2.73. The van der Waals surface area contributed by atoms with Crippen LogP contribution in [0, 0.1) is 34.0 Å². The van der Waals surface area contributed by atoms with E-state index >= 15 is 0 Å². The van der Waals surface area contributed by atoms with Crippen molar-refractivity contribution in [1.29, 1.82) is 15.8 Å². The van der Waals surface area contributed by atoms with E-state index in [0.29, 0.717) is 38.8 Å². The smallest absolute Gasteiger partial charge is 0.383 e. The molecule has 8 nitrogen and oxygen atoms in total. The van der Waals surface area contributed by atoms with Crippen molar-refractivity contribution < 1.29 is 13.3 Å². The third kappa shape index (κ3) is 6.91. The van der Waals surface area contributed by atoms with E-state index in [4.69, 9.17) is 34.8 Å². The molecule has 0 bridgehead atoms. The highest BCUT2D eigenvalue weighted by Gasteiger charge is 2.39. The van der Waals surface area contributed by atoms with Crippen molar-refractivity contribution in [3.05, 3.63) is 11.1 Å². The Balaban J connectivity index is 4.95. The lowest BCUT2D eigenvalue weighted by Gasteiger charge is -2.28. The van der Waals surface area contributed by atoms with E-state index in [2.05, 4.69) is 4.99 Å². The molecule has 9 heteroatoms. The second-order valence-corrected chi connectivity index (χ2v) is 7.17. The molecule has 0 spiro atoms. The minimum Gasteiger partial charge on any atom is -0.383 e. The van der Waals surface area contributed by atoms with Gasteiger partial charge in [-0.05, 0) is 27.2 Å². The van der Waals surface area contributed by atoms with Gasteiger partial charge in [0.25, 0.3) is 0 Å². The van der Waals surface area contributed by atoms with Gasteiger partial charge in [0.2, 0.25) is 0 Å². The van der Waals surface area contributed by atoms with E-state index < -0.39 is 8.80 Å². The molecule has 0 saturated heterocycles. The van der Waals surface area contributed by atoms with Crippen LogP contribution in [-0.4, -0.2) is 41.0 Å². The molecule has 0 atom stereocenters. The predicted molar refractivity (Wildman–Crippen MR) is 90.4 cm³/mol. The quantitative estimate of drug-likeness (QED) is 0.197. The number of hydrogen-bond acceptors (Lipinski definition) is 7. The number of amidine groups is 1. The highest BCUT2D eigenvalue weighted by atomic mass is 28.4. The van der Waals surface area contributed by atoms with E-state index in [1.165, 1.54) is 0 Å². The maximum Gasteiger partial charge on any atom is 0.500 e. The highest BCUT2D eigenvalue weighted by Crippen LogP contribution is 2.18. The SMILES string of the molecule is CCO[Si](CCCN=C(N)C(C#N)=C(C#N)C#N)(OCC)OCC. The molecule has 0 aromatic carbocycles. The number of nitriles is 3. The number of hydrogen-bond donors (Lipinski definition) is 1. The molecule has 2 N–H and O–H groups in total. The first-order valence-corrected chi connectivity index (χ1v) is 9.63. The van der Waals surface area contributed by atoms with Crippen LogP contribution in [0.4, 0.5) is 0 Å². The van der Waals surface area contributed by atoms with Gasteiger partial charge in [-0.25, -0.2) is 0 Å². The largest absolute Gasteiger partial charge is 0.500 e. The van der Waals surface area contributed by atoms with Gasteiger partial charge in [-0.2, -0.15) is 15.8 Å². The molecule has 0 aliphatic carbocycles. The Bertz CT molecular complexity index is 550. The molecule has 130 valence electrons. The molecule has 0 heterocycles. The Kier molecular flexibility index (Phi) is 11.1. The van der Waals surface area contributed by atoms with Crippen molar-refractivity contribution in [3.63, 3.8) is 0 Å². The Morgan fingerprint density at radius 1 is 0.958 bits per heavy atom. The minimum absolute atomic E-state index is 0.118. The summed E-state index contributed by atoms with van der Waals surface area (Å²) in [6, 6.07) is 5.56. The fourth-order valence-corrected chi connectivity index (χ4v) is 4.55. The van der Waals surface area contributed by atoms with E-state index in [-0.39, 0.29) is 17.0 Å². The first-order chi connectivity index (χ1) is 11.5. The molecule has 0 rings (SSSR count). The summed E-state index contributed by atoms with van der Waals surface area (Å²) in [6.07, 6.45) is 0.583. The van der Waals surface area contributed by atoms with Crippen LogP contribution in [0.2, 0.25) is 6.04 Å². The average molecular weight is 349 g/mol. The van der Waals surface area contributed by atoms with Crippen LogP contribution in [-0.2, 0) is 13.3 Å². The van der Waals surface area contributed by atoms with Crippen LogP contribution in [0.25, 0.3) is 0 Å². The average Bonchev–Trinajstić information content (AvgIpc) is 2.57. The van der Waals surface area contributed by atoms with Gasteiger partial charge in [0.15, 0.2) is 5.57 Å². The summed E-state index contributed by atoms with van der Waals surface area (Å²) in [4.78, 5) is 4.06. The Morgan fingerprint density at radius 3 is 1.83 bits per heavy atom. The molecule has 0 saturated carbocycles. The molecule has 0 aromatic heterocycles. The molecule has 0 fully saturated rings. The maximum atomic E-state index is 9.00. The summed E-state index contributed by atoms with van der Waals surface area (Å²) >= 11 is 0. The molecule has 24 heavy (non-hydrogen) atoms. The van der Waals surface area contributed by atoms with Crippen LogP contribution in [0.15, 0.2) is 16.1 Å². The highest BCUT2D eigenvalue weighted by molar-refractivity contribution is 6.60. The summed E-state index contributed by atoms with van der Waals surface area (Å²) in [7, 11) is -2.73. The first-order valence-electron chi connectivity index (χ1n) is 7.70. The Labute approximate surface area is 144 Å². The summed E-state index contributed by atoms with van der Waals surface area (Å²) in [5, 5.41) is 26.6. The van der Waals surface area contributed by atoms with Gasteiger partial charge in [0.05, 0.1) is 0 Å². The zero-order chi connectivity index (χ0) is 18.4. The van der Waals surface area contributed by atoms with Crippen LogP contribution in [0.5, 0.6) is 0 Å². The number of aliphatic imine (C=N–C) groups is 1. The van der Waals surface area contributed by atoms with Crippen LogP contribution >= 0.6 is 0 Å². The lowest BCUT2D eigenvalue weighted by atomic mass is 10.1. The number of rotatable bonds is 11. The van der Waals surface area contributed by atoms with Gasteiger partial charge in [-0.3, -0.25) is 4.99 Å². The van der Waals surface area contributed by atoms with Crippen molar-refractivity contribution in [1.82, 2.24) is 0 Å². The third-order valence-electron chi connectivity index (χ3n) is 2.86. The topological polar surface area (TPSA) is 137 Å². The summed E-state index contributed by atoms with van der Waals surface area (Å²) < 4.78 is 17.2. The van der Waals surface area contributed by atoms with Gasteiger partial charge in [-0.15, -0.1) is 0 Å². The first kappa shape index (κ1) is 21.8. The maximum absolute atomic E-state index is 9.00. The second kappa shape index (κ2) is 12.2. The molecule has 0 aliphatic rings. The van der Waals surface area contributed by atoms with E-state index in [9.17, 15) is 0 Å². The van der Waals surface area contributed by atoms with Gasteiger partial charge >= 0.3 is 8.80 Å². The summed E-state index contributed by atoms with van der Waals surface area (Å²) in [5.41, 5.74) is 5.14. The Hall–Kier alpha value is -2.22. The molecule has 0 unspecified atom stereocenters. The summed E-state index contributed by atoms with van der Waals surface area (Å²) in [6.45, 7) is 7.43. The zero-order valence-electron chi connectivity index (χ0n) is 14.3. The lowest BCUT2D eigenvalue weighted by molar-refractivity contribution is 0.0710. The van der Waals surface area contributed by atoms with Crippen LogP contribution in [0.1, 0.15) is 27.2 Å². The Morgan fingerprint density at radius 2 is 1.46 bits per heavy atom. The number of allylic oxidation sites excluding steroid dienone is 1. The van der Waals surface area contributed by atoms with Gasteiger partial charge in [0.1, 0.15) is 29.6 Å². The van der Waals surface area contributed by atoms with Crippen molar-refractivity contribution in [2.45, 2.75) is 33.2 Å². The van der Waals surface area contributed by atoms with Crippen molar-refractivity contribution >= 4 is 14.6 Å². The standard InChI is InChI=1S/C15H23N5O3Si/c1-4-21-24(22-5-2,23-6-3)9-7-8-20-15(19)14(12-18)13(10-16)11-17/h4-9H2,1-3H3,(H2,19,20). The lowest BCUT2D eigenvalue weighted by Crippen LogP contribution is -2.46. The second-order valence-electron chi connectivity index (χ2n) is 4.44. The number of nitrogens with two attached hydrogens (primary N) is 1. The van der Waals surface area contributed by atoms with Crippen molar-refractivity contribution in [3.8, 4) is 18.2 Å². The van der Waals surface area contributed by atoms with Crippen molar-refractivity contribution in [2.24, 2.45) is 10.7 Å².